The van der Waals surface area contributed by atoms with Crippen molar-refractivity contribution in [3.63, 3.8) is 0 Å². The molecule has 0 amide bonds. The van der Waals surface area contributed by atoms with E-state index in [1.807, 2.05) is 19.1 Å². The molecule has 3 aromatic rings. The van der Waals surface area contributed by atoms with Gasteiger partial charge in [0.2, 0.25) is 0 Å². The summed E-state index contributed by atoms with van der Waals surface area (Å²) in [4.78, 5) is 27.9. The summed E-state index contributed by atoms with van der Waals surface area (Å²) in [6, 6.07) is 5.44. The van der Waals surface area contributed by atoms with E-state index in [-0.39, 0.29) is 11.6 Å². The van der Waals surface area contributed by atoms with Crippen molar-refractivity contribution in [1.82, 2.24) is 24.6 Å². The maximum atomic E-state index is 12.2. The largest absolute Gasteiger partial charge is 0.348 e. The highest BCUT2D eigenvalue weighted by molar-refractivity contribution is 5.43. The zero-order chi connectivity index (χ0) is 15.8. The monoisotopic (exact) mass is 310 g/mol. The van der Waals surface area contributed by atoms with E-state index in [9.17, 15) is 4.79 Å². The molecule has 0 bridgehead atoms. The number of hydrogen-bond donors (Lipinski definition) is 1. The Kier molecular flexibility index (Phi) is 3.33. The number of hydrogen-bond acceptors (Lipinski definition) is 5. The molecule has 4 rings (SSSR count). The van der Waals surface area contributed by atoms with Gasteiger partial charge in [0.25, 0.3) is 5.56 Å². The Labute approximate surface area is 133 Å². The molecule has 1 aliphatic heterocycles. The highest BCUT2D eigenvalue weighted by Gasteiger charge is 2.27. The SMILES string of the molecule is Cc1nccc(N2CCCC[C@H]2c2cc(=O)n3[nH]ccc3n2)n1. The van der Waals surface area contributed by atoms with Gasteiger partial charge in [-0.25, -0.2) is 19.5 Å². The van der Waals surface area contributed by atoms with Crippen LogP contribution in [-0.2, 0) is 0 Å². The highest BCUT2D eigenvalue weighted by Crippen LogP contribution is 2.32. The third-order valence-electron chi connectivity index (χ3n) is 4.30. The minimum Gasteiger partial charge on any atom is -0.348 e. The first-order valence-electron chi connectivity index (χ1n) is 7.86. The maximum Gasteiger partial charge on any atom is 0.272 e. The van der Waals surface area contributed by atoms with E-state index in [2.05, 4.69) is 25.0 Å². The Morgan fingerprint density at radius 2 is 2.17 bits per heavy atom. The molecular formula is C16H18N6O. The van der Waals surface area contributed by atoms with Crippen molar-refractivity contribution in [1.29, 1.82) is 0 Å². The summed E-state index contributed by atoms with van der Waals surface area (Å²) in [5, 5.41) is 2.88. The number of piperidine rings is 1. The summed E-state index contributed by atoms with van der Waals surface area (Å²) in [7, 11) is 0. The Hall–Kier alpha value is -2.70. The normalized spacial score (nSPS) is 18.5. The van der Waals surface area contributed by atoms with E-state index in [0.717, 1.165) is 43.1 Å². The van der Waals surface area contributed by atoms with Gasteiger partial charge < -0.3 is 4.90 Å². The van der Waals surface area contributed by atoms with Gasteiger partial charge >= 0.3 is 0 Å². The molecule has 1 fully saturated rings. The third kappa shape index (κ3) is 2.48. The zero-order valence-corrected chi connectivity index (χ0v) is 12.9. The fourth-order valence-electron chi connectivity index (χ4n) is 3.23. The van der Waals surface area contributed by atoms with Gasteiger partial charge in [0, 0.05) is 31.1 Å². The molecule has 0 unspecified atom stereocenters. The first kappa shape index (κ1) is 13.9. The van der Waals surface area contributed by atoms with Gasteiger partial charge in [-0.1, -0.05) is 0 Å². The van der Waals surface area contributed by atoms with Crippen LogP contribution in [0.15, 0.2) is 35.4 Å². The Balaban J connectivity index is 1.78. The predicted octanol–water partition coefficient (Wildman–Crippen LogP) is 1.85. The predicted molar refractivity (Wildman–Crippen MR) is 86.5 cm³/mol. The average Bonchev–Trinajstić information content (AvgIpc) is 3.04. The van der Waals surface area contributed by atoms with Crippen LogP contribution in [0.2, 0.25) is 0 Å². The number of anilines is 1. The first-order chi connectivity index (χ1) is 11.2. The van der Waals surface area contributed by atoms with Crippen LogP contribution in [0.5, 0.6) is 0 Å². The summed E-state index contributed by atoms with van der Waals surface area (Å²) in [6.07, 6.45) is 6.71. The van der Waals surface area contributed by atoms with E-state index in [1.54, 1.807) is 18.5 Å². The summed E-state index contributed by atoms with van der Waals surface area (Å²) in [5.41, 5.74) is 1.38. The van der Waals surface area contributed by atoms with Gasteiger partial charge in [0.05, 0.1) is 11.7 Å². The fraction of sp³-hybridized carbons (Fsp3) is 0.375. The maximum absolute atomic E-state index is 12.2. The smallest absolute Gasteiger partial charge is 0.272 e. The molecule has 1 atom stereocenters. The van der Waals surface area contributed by atoms with E-state index >= 15 is 0 Å². The third-order valence-corrected chi connectivity index (χ3v) is 4.30. The van der Waals surface area contributed by atoms with Crippen LogP contribution in [-0.4, -0.2) is 31.1 Å². The molecule has 7 nitrogen and oxygen atoms in total. The van der Waals surface area contributed by atoms with Gasteiger partial charge in [0.15, 0.2) is 5.65 Å². The van der Waals surface area contributed by atoms with E-state index < -0.39 is 0 Å². The fourth-order valence-corrected chi connectivity index (χ4v) is 3.23. The summed E-state index contributed by atoms with van der Waals surface area (Å²) < 4.78 is 1.45. The lowest BCUT2D eigenvalue weighted by molar-refractivity contribution is 0.461. The van der Waals surface area contributed by atoms with Gasteiger partial charge in [-0.05, 0) is 32.3 Å². The molecule has 1 N–H and O–H groups in total. The van der Waals surface area contributed by atoms with Crippen molar-refractivity contribution in [2.75, 3.05) is 11.4 Å². The van der Waals surface area contributed by atoms with Crippen LogP contribution in [0, 0.1) is 6.92 Å². The van der Waals surface area contributed by atoms with Crippen molar-refractivity contribution in [2.24, 2.45) is 0 Å². The quantitative estimate of drug-likeness (QED) is 0.781. The summed E-state index contributed by atoms with van der Waals surface area (Å²) in [6.45, 7) is 2.80. The topological polar surface area (TPSA) is 79.2 Å². The number of rotatable bonds is 2. The molecule has 7 heteroatoms. The van der Waals surface area contributed by atoms with Gasteiger partial charge in [0.1, 0.15) is 11.6 Å². The number of aromatic nitrogens is 5. The lowest BCUT2D eigenvalue weighted by Gasteiger charge is -2.36. The molecule has 118 valence electrons. The van der Waals surface area contributed by atoms with Crippen molar-refractivity contribution in [2.45, 2.75) is 32.2 Å². The van der Waals surface area contributed by atoms with E-state index in [1.165, 1.54) is 4.52 Å². The first-order valence-corrected chi connectivity index (χ1v) is 7.86. The molecule has 1 aliphatic rings. The number of aryl methyl sites for hydroxylation is 1. The Morgan fingerprint density at radius 1 is 1.26 bits per heavy atom. The molecule has 0 aromatic carbocycles. The molecule has 4 heterocycles. The Bertz CT molecular complexity index is 899. The lowest BCUT2D eigenvalue weighted by atomic mass is 9.99. The van der Waals surface area contributed by atoms with Crippen LogP contribution >= 0.6 is 0 Å². The summed E-state index contributed by atoms with van der Waals surface area (Å²) >= 11 is 0. The minimum atomic E-state index is -0.0839. The summed E-state index contributed by atoms with van der Waals surface area (Å²) in [5.74, 6) is 1.65. The number of fused-ring (bicyclic) bond motifs is 1. The number of H-pyrrole nitrogens is 1. The number of nitrogens with zero attached hydrogens (tertiary/aromatic N) is 5. The zero-order valence-electron chi connectivity index (χ0n) is 12.9. The van der Waals surface area contributed by atoms with Crippen molar-refractivity contribution in [3.05, 3.63) is 52.5 Å². The van der Waals surface area contributed by atoms with Crippen LogP contribution < -0.4 is 10.5 Å². The second kappa shape index (κ2) is 5.49. The van der Waals surface area contributed by atoms with Crippen molar-refractivity contribution in [3.8, 4) is 0 Å². The average molecular weight is 310 g/mol. The second-order valence-corrected chi connectivity index (χ2v) is 5.84. The van der Waals surface area contributed by atoms with Crippen LogP contribution in [0.1, 0.15) is 36.8 Å². The van der Waals surface area contributed by atoms with Crippen molar-refractivity contribution < 1.29 is 0 Å². The van der Waals surface area contributed by atoms with Crippen molar-refractivity contribution >= 4 is 11.5 Å². The van der Waals surface area contributed by atoms with Gasteiger partial charge in [-0.3, -0.25) is 9.89 Å². The lowest BCUT2D eigenvalue weighted by Crippen LogP contribution is -2.35. The van der Waals surface area contributed by atoms with Gasteiger partial charge in [-0.15, -0.1) is 0 Å². The van der Waals surface area contributed by atoms with E-state index in [4.69, 9.17) is 0 Å². The molecule has 0 aliphatic carbocycles. The minimum absolute atomic E-state index is 0.0747. The highest BCUT2D eigenvalue weighted by atomic mass is 16.1. The Morgan fingerprint density at radius 3 is 3.04 bits per heavy atom. The molecule has 0 spiro atoms. The van der Waals surface area contributed by atoms with Crippen LogP contribution in [0.4, 0.5) is 5.82 Å². The van der Waals surface area contributed by atoms with E-state index in [0.29, 0.717) is 5.65 Å². The molecular weight excluding hydrogens is 292 g/mol. The second-order valence-electron chi connectivity index (χ2n) is 5.84. The standard InChI is InChI=1S/C16H18N6O/c1-11-17-7-5-14(19-11)21-9-3-2-4-13(21)12-10-16(23)22-15(20-12)6-8-18-22/h5-8,10,13,18H,2-4,9H2,1H3/t13-/m0/s1. The number of aromatic amines is 1. The molecule has 0 saturated carbocycles. The van der Waals surface area contributed by atoms with Crippen LogP contribution in [0.25, 0.3) is 5.65 Å². The van der Waals surface area contributed by atoms with Gasteiger partial charge in [-0.2, -0.15) is 0 Å². The molecule has 0 radical (unpaired) electrons. The molecule has 3 aromatic heterocycles. The molecule has 1 saturated heterocycles. The molecule has 23 heavy (non-hydrogen) atoms. The number of nitrogens with one attached hydrogen (secondary N) is 1. The van der Waals surface area contributed by atoms with Crippen LogP contribution in [0.3, 0.4) is 0 Å².